The van der Waals surface area contributed by atoms with Crippen molar-refractivity contribution < 1.29 is 22.8 Å². The third kappa shape index (κ3) is 4.13. The van der Waals surface area contributed by atoms with Gasteiger partial charge in [-0.25, -0.2) is 13.8 Å². The number of benzene rings is 1. The third-order valence-electron chi connectivity index (χ3n) is 6.45. The molecule has 0 amide bonds. The SMILES string of the molecule is COc1cc(F)c2nc(N3CC[C@@H](N[C@H]4CCOC4)[C@H](F)C3)c(-c3nc(C)no3)c(C)c2c1. The van der Waals surface area contributed by atoms with E-state index < -0.39 is 12.0 Å². The second-order valence-corrected chi connectivity index (χ2v) is 8.67. The Labute approximate surface area is 190 Å². The summed E-state index contributed by atoms with van der Waals surface area (Å²) < 4.78 is 46.3. The highest BCUT2D eigenvalue weighted by Crippen LogP contribution is 2.39. The summed E-state index contributed by atoms with van der Waals surface area (Å²) in [6, 6.07) is 2.95. The molecule has 0 unspecified atom stereocenters. The number of pyridine rings is 1. The van der Waals surface area contributed by atoms with E-state index in [1.165, 1.54) is 13.2 Å². The summed E-state index contributed by atoms with van der Waals surface area (Å²) in [6.07, 6.45) is 0.362. The van der Waals surface area contributed by atoms with Gasteiger partial charge in [0.2, 0.25) is 0 Å². The van der Waals surface area contributed by atoms with E-state index in [2.05, 4.69) is 20.4 Å². The minimum atomic E-state index is -1.12. The molecule has 2 aliphatic rings. The number of fused-ring (bicyclic) bond motifs is 1. The van der Waals surface area contributed by atoms with E-state index in [1.54, 1.807) is 13.0 Å². The molecule has 2 saturated heterocycles. The summed E-state index contributed by atoms with van der Waals surface area (Å²) in [7, 11) is 1.48. The van der Waals surface area contributed by atoms with Crippen molar-refractivity contribution in [3.63, 3.8) is 0 Å². The smallest absolute Gasteiger partial charge is 0.261 e. The van der Waals surface area contributed by atoms with Gasteiger partial charge in [-0.15, -0.1) is 0 Å². The lowest BCUT2D eigenvalue weighted by Crippen LogP contribution is -2.54. The fourth-order valence-corrected chi connectivity index (χ4v) is 4.69. The minimum absolute atomic E-state index is 0.126. The maximum absolute atomic E-state index is 15.3. The number of rotatable bonds is 5. The van der Waals surface area contributed by atoms with E-state index in [0.717, 1.165) is 12.0 Å². The molecule has 1 N–H and O–H groups in total. The third-order valence-corrected chi connectivity index (χ3v) is 6.45. The van der Waals surface area contributed by atoms with Crippen LogP contribution in [0.4, 0.5) is 14.6 Å². The number of nitrogens with zero attached hydrogens (tertiary/aromatic N) is 4. The van der Waals surface area contributed by atoms with Crippen molar-refractivity contribution in [2.75, 3.05) is 38.3 Å². The number of nitrogens with one attached hydrogen (secondary N) is 1. The fraction of sp³-hybridized carbons (Fsp3) is 0.522. The fourth-order valence-electron chi connectivity index (χ4n) is 4.69. The lowest BCUT2D eigenvalue weighted by atomic mass is 9.98. The van der Waals surface area contributed by atoms with Crippen LogP contribution in [0.25, 0.3) is 22.4 Å². The monoisotopic (exact) mass is 459 g/mol. The maximum atomic E-state index is 15.3. The molecular formula is C23H27F2N5O3. The Morgan fingerprint density at radius 3 is 2.73 bits per heavy atom. The highest BCUT2D eigenvalue weighted by molar-refractivity contribution is 5.93. The van der Waals surface area contributed by atoms with Gasteiger partial charge in [-0.05, 0) is 38.3 Å². The van der Waals surface area contributed by atoms with Gasteiger partial charge in [0.25, 0.3) is 5.89 Å². The first kappa shape index (κ1) is 22.0. The molecule has 0 radical (unpaired) electrons. The molecule has 33 heavy (non-hydrogen) atoms. The molecular weight excluding hydrogens is 432 g/mol. The first-order chi connectivity index (χ1) is 15.9. The van der Waals surface area contributed by atoms with Crippen molar-refractivity contribution in [2.45, 2.75) is 44.9 Å². The first-order valence-corrected chi connectivity index (χ1v) is 11.2. The summed E-state index contributed by atoms with van der Waals surface area (Å²) in [4.78, 5) is 10.9. The number of methoxy groups -OCH3 is 1. The van der Waals surface area contributed by atoms with Gasteiger partial charge in [0, 0.05) is 36.7 Å². The van der Waals surface area contributed by atoms with Gasteiger partial charge in [0.15, 0.2) is 11.6 Å². The van der Waals surface area contributed by atoms with Crippen LogP contribution in [0.1, 0.15) is 24.2 Å². The van der Waals surface area contributed by atoms with Crippen LogP contribution in [0, 0.1) is 19.7 Å². The van der Waals surface area contributed by atoms with Crippen molar-refractivity contribution >= 4 is 16.7 Å². The van der Waals surface area contributed by atoms with Crippen molar-refractivity contribution in [1.29, 1.82) is 0 Å². The van der Waals surface area contributed by atoms with Gasteiger partial charge in [0.05, 0.1) is 25.8 Å². The van der Waals surface area contributed by atoms with Crippen molar-refractivity contribution in [2.24, 2.45) is 0 Å². The number of anilines is 1. The van der Waals surface area contributed by atoms with Crippen LogP contribution in [0.15, 0.2) is 16.7 Å². The van der Waals surface area contributed by atoms with Crippen LogP contribution in [0.3, 0.4) is 0 Å². The van der Waals surface area contributed by atoms with Gasteiger partial charge in [-0.2, -0.15) is 4.98 Å². The summed E-state index contributed by atoms with van der Waals surface area (Å²) in [5.41, 5.74) is 1.50. The standard InChI is InChI=1S/C23H27F2N5O3/c1-12-16-8-15(31-3)9-17(24)21(16)28-22(20(12)23-26-13(2)29-33-23)30-6-4-19(18(25)10-30)27-14-5-7-32-11-14/h8-9,14,18-19,27H,4-7,10-11H2,1-3H3/t14-,18+,19+/m0/s1. The van der Waals surface area contributed by atoms with Gasteiger partial charge < -0.3 is 24.2 Å². The normalized spacial score (nSPS) is 23.4. The predicted molar refractivity (Wildman–Crippen MR) is 119 cm³/mol. The molecule has 176 valence electrons. The average Bonchev–Trinajstić information content (AvgIpc) is 3.47. The molecule has 2 aromatic heterocycles. The number of ether oxygens (including phenoxy) is 2. The molecule has 3 aromatic rings. The van der Waals surface area contributed by atoms with Gasteiger partial charge in [0.1, 0.15) is 23.3 Å². The Morgan fingerprint density at radius 1 is 1.21 bits per heavy atom. The Kier molecular flexibility index (Phi) is 5.88. The number of piperidine rings is 1. The van der Waals surface area contributed by atoms with Crippen LogP contribution in [-0.2, 0) is 4.74 Å². The number of hydrogen-bond donors (Lipinski definition) is 1. The number of aromatic nitrogens is 3. The van der Waals surface area contributed by atoms with Gasteiger partial charge >= 0.3 is 0 Å². The molecule has 10 heteroatoms. The van der Waals surface area contributed by atoms with Crippen LogP contribution in [0.5, 0.6) is 5.75 Å². The molecule has 5 rings (SSSR count). The molecule has 8 nitrogen and oxygen atoms in total. The van der Waals surface area contributed by atoms with E-state index >= 15 is 4.39 Å². The second-order valence-electron chi connectivity index (χ2n) is 8.67. The lowest BCUT2D eigenvalue weighted by molar-refractivity contribution is 0.172. The molecule has 2 fully saturated rings. The number of alkyl halides is 1. The minimum Gasteiger partial charge on any atom is -0.497 e. The van der Waals surface area contributed by atoms with E-state index in [1.807, 2.05) is 11.8 Å². The predicted octanol–water partition coefficient (Wildman–Crippen LogP) is 3.34. The summed E-state index contributed by atoms with van der Waals surface area (Å²) in [5, 5.41) is 7.88. The van der Waals surface area contributed by atoms with E-state index in [9.17, 15) is 4.39 Å². The zero-order valence-electron chi connectivity index (χ0n) is 18.9. The summed E-state index contributed by atoms with van der Waals surface area (Å²) in [5.74, 6) is 1.07. The lowest BCUT2D eigenvalue weighted by Gasteiger charge is -2.37. The van der Waals surface area contributed by atoms with Gasteiger partial charge in [-0.1, -0.05) is 5.16 Å². The molecule has 2 aliphatic heterocycles. The Balaban J connectivity index is 1.55. The van der Waals surface area contributed by atoms with Crippen LogP contribution >= 0.6 is 0 Å². The molecule has 3 atom stereocenters. The number of halogens is 2. The second kappa shape index (κ2) is 8.83. The molecule has 0 aliphatic carbocycles. The average molecular weight is 459 g/mol. The molecule has 0 saturated carbocycles. The number of aryl methyl sites for hydroxylation is 2. The zero-order valence-corrected chi connectivity index (χ0v) is 18.9. The molecule has 0 bridgehead atoms. The van der Waals surface area contributed by atoms with E-state index in [4.69, 9.17) is 14.0 Å². The van der Waals surface area contributed by atoms with E-state index in [-0.39, 0.29) is 30.0 Å². The Morgan fingerprint density at radius 2 is 2.06 bits per heavy atom. The summed E-state index contributed by atoms with van der Waals surface area (Å²) in [6.45, 7) is 5.57. The maximum Gasteiger partial charge on any atom is 0.261 e. The highest BCUT2D eigenvalue weighted by atomic mass is 19.1. The largest absolute Gasteiger partial charge is 0.497 e. The van der Waals surface area contributed by atoms with E-state index in [0.29, 0.717) is 54.5 Å². The zero-order chi connectivity index (χ0) is 23.1. The first-order valence-electron chi connectivity index (χ1n) is 11.2. The van der Waals surface area contributed by atoms with Crippen LogP contribution in [-0.4, -0.2) is 66.8 Å². The topological polar surface area (TPSA) is 85.5 Å². The quantitative estimate of drug-likeness (QED) is 0.622. The molecule has 4 heterocycles. The Bertz CT molecular complexity index is 1160. The molecule has 1 aromatic carbocycles. The van der Waals surface area contributed by atoms with Crippen molar-refractivity contribution in [3.05, 3.63) is 29.3 Å². The van der Waals surface area contributed by atoms with Crippen molar-refractivity contribution in [3.8, 4) is 17.2 Å². The number of hydrogen-bond acceptors (Lipinski definition) is 8. The highest BCUT2D eigenvalue weighted by Gasteiger charge is 2.34. The molecule has 0 spiro atoms. The van der Waals surface area contributed by atoms with Crippen LogP contribution < -0.4 is 15.0 Å². The van der Waals surface area contributed by atoms with Crippen molar-refractivity contribution in [1.82, 2.24) is 20.4 Å². The summed E-state index contributed by atoms with van der Waals surface area (Å²) >= 11 is 0. The van der Waals surface area contributed by atoms with Crippen LogP contribution in [0.2, 0.25) is 0 Å². The van der Waals surface area contributed by atoms with Gasteiger partial charge in [-0.3, -0.25) is 0 Å². The Hall–Kier alpha value is -2.85.